The summed E-state index contributed by atoms with van der Waals surface area (Å²) in [5, 5.41) is 21.1. The molecule has 2 aliphatic rings. The van der Waals surface area contributed by atoms with Crippen LogP contribution in [0, 0.1) is 5.41 Å². The number of nitrogens with zero attached hydrogens (tertiary/aromatic N) is 1. The molecule has 1 aliphatic heterocycles. The number of carbonyl (C=O) groups is 3. The fourth-order valence-corrected chi connectivity index (χ4v) is 3.92. The second kappa shape index (κ2) is 8.29. The Kier molecular flexibility index (Phi) is 6.08. The zero-order chi connectivity index (χ0) is 23.0. The standard InChI is InChI=1S/C19H18ClF3N2O6/c20-11-6-10(2-3-12(11)31-19(21,22)23)8-25-9-18(4-1-5-18)15(28)14(17(25)30)16(29)24-7-13(26)27/h2-3,6,28H,1,4-5,7-9H2,(H,24,29)(H,26,27). The maximum Gasteiger partial charge on any atom is 0.573 e. The average molecular weight is 463 g/mol. The zero-order valence-electron chi connectivity index (χ0n) is 16.0. The SMILES string of the molecule is O=C(O)CNC(=O)C1=C(O)C2(CCC2)CN(Cc2ccc(OC(F)(F)F)c(Cl)c2)C1=O. The summed E-state index contributed by atoms with van der Waals surface area (Å²) in [7, 11) is 0. The third-order valence-corrected chi connectivity index (χ3v) is 5.56. The summed E-state index contributed by atoms with van der Waals surface area (Å²) in [6, 6.07) is 3.54. The number of nitrogens with one attached hydrogen (secondary N) is 1. The lowest BCUT2D eigenvalue weighted by Crippen LogP contribution is -2.53. The molecular weight excluding hydrogens is 445 g/mol. The van der Waals surface area contributed by atoms with Gasteiger partial charge in [-0.1, -0.05) is 24.1 Å². The molecule has 8 nitrogen and oxygen atoms in total. The van der Waals surface area contributed by atoms with E-state index in [9.17, 15) is 32.7 Å². The molecule has 31 heavy (non-hydrogen) atoms. The van der Waals surface area contributed by atoms with E-state index < -0.39 is 47.4 Å². The van der Waals surface area contributed by atoms with Gasteiger partial charge in [0.2, 0.25) is 0 Å². The van der Waals surface area contributed by atoms with E-state index in [2.05, 4.69) is 10.1 Å². The number of rotatable bonds is 6. The van der Waals surface area contributed by atoms with Crippen LogP contribution in [0.1, 0.15) is 24.8 Å². The Morgan fingerprint density at radius 3 is 2.48 bits per heavy atom. The van der Waals surface area contributed by atoms with Gasteiger partial charge in [0.1, 0.15) is 23.6 Å². The molecule has 1 aliphatic carbocycles. The van der Waals surface area contributed by atoms with Crippen LogP contribution in [0.5, 0.6) is 5.75 Å². The quantitative estimate of drug-likeness (QED) is 0.560. The lowest BCUT2D eigenvalue weighted by molar-refractivity contribution is -0.274. The predicted octanol–water partition coefficient (Wildman–Crippen LogP) is 2.76. The van der Waals surface area contributed by atoms with E-state index in [0.29, 0.717) is 18.4 Å². The molecule has 1 heterocycles. The summed E-state index contributed by atoms with van der Waals surface area (Å²) in [4.78, 5) is 37.3. The molecule has 0 unspecified atom stereocenters. The number of carboxylic acid groups (broad SMARTS) is 1. The first-order valence-electron chi connectivity index (χ1n) is 9.19. The maximum absolute atomic E-state index is 12.9. The molecule has 1 aromatic carbocycles. The van der Waals surface area contributed by atoms with Gasteiger partial charge in [0.15, 0.2) is 0 Å². The molecule has 1 spiro atoms. The van der Waals surface area contributed by atoms with Crippen molar-refractivity contribution in [3.63, 3.8) is 0 Å². The van der Waals surface area contributed by atoms with Crippen LogP contribution in [0.2, 0.25) is 5.02 Å². The molecule has 0 bridgehead atoms. The molecule has 1 saturated carbocycles. The molecule has 0 saturated heterocycles. The van der Waals surface area contributed by atoms with Gasteiger partial charge in [0, 0.05) is 18.5 Å². The van der Waals surface area contributed by atoms with E-state index >= 15 is 0 Å². The first-order valence-corrected chi connectivity index (χ1v) is 9.57. The molecule has 12 heteroatoms. The molecular formula is C19H18ClF3N2O6. The number of carboxylic acids is 1. The van der Waals surface area contributed by atoms with Crippen LogP contribution in [0.15, 0.2) is 29.5 Å². The highest BCUT2D eigenvalue weighted by molar-refractivity contribution is 6.32. The normalized spacial score (nSPS) is 18.1. The van der Waals surface area contributed by atoms with Crippen molar-refractivity contribution in [1.29, 1.82) is 0 Å². The maximum atomic E-state index is 12.9. The Labute approximate surface area is 179 Å². The van der Waals surface area contributed by atoms with Crippen molar-refractivity contribution in [2.24, 2.45) is 5.41 Å². The van der Waals surface area contributed by atoms with Crippen LogP contribution in [-0.4, -0.2) is 52.3 Å². The number of aliphatic carboxylic acids is 1. The van der Waals surface area contributed by atoms with Crippen LogP contribution in [0.25, 0.3) is 0 Å². The van der Waals surface area contributed by atoms with Crippen molar-refractivity contribution < 1.29 is 42.5 Å². The number of hydrogen-bond donors (Lipinski definition) is 3. The number of aliphatic hydroxyl groups is 1. The topological polar surface area (TPSA) is 116 Å². The highest BCUT2D eigenvalue weighted by Crippen LogP contribution is 2.50. The van der Waals surface area contributed by atoms with Crippen molar-refractivity contribution in [2.45, 2.75) is 32.2 Å². The van der Waals surface area contributed by atoms with Crippen molar-refractivity contribution in [2.75, 3.05) is 13.1 Å². The fourth-order valence-electron chi connectivity index (χ4n) is 3.68. The Balaban J connectivity index is 1.84. The van der Waals surface area contributed by atoms with Gasteiger partial charge in [-0.25, -0.2) is 0 Å². The highest BCUT2D eigenvalue weighted by Gasteiger charge is 2.50. The van der Waals surface area contributed by atoms with Gasteiger partial charge in [0.25, 0.3) is 11.8 Å². The van der Waals surface area contributed by atoms with E-state index in [1.54, 1.807) is 0 Å². The summed E-state index contributed by atoms with van der Waals surface area (Å²) < 4.78 is 41.0. The van der Waals surface area contributed by atoms with E-state index in [0.717, 1.165) is 12.5 Å². The molecule has 0 aromatic heterocycles. The van der Waals surface area contributed by atoms with Crippen LogP contribution < -0.4 is 10.1 Å². The first kappa shape index (κ1) is 22.7. The van der Waals surface area contributed by atoms with Crippen molar-refractivity contribution in [3.05, 3.63) is 40.1 Å². The molecule has 3 rings (SSSR count). The monoisotopic (exact) mass is 462 g/mol. The number of alkyl halides is 3. The summed E-state index contributed by atoms with van der Waals surface area (Å²) in [5.41, 5.74) is -0.961. The Bertz CT molecular complexity index is 958. The van der Waals surface area contributed by atoms with Crippen LogP contribution >= 0.6 is 11.6 Å². The molecule has 2 amide bonds. The van der Waals surface area contributed by atoms with Gasteiger partial charge in [0.05, 0.1) is 5.02 Å². The molecule has 1 aromatic rings. The number of aliphatic hydroxyl groups excluding tert-OH is 1. The molecule has 168 valence electrons. The van der Waals surface area contributed by atoms with Gasteiger partial charge < -0.3 is 25.2 Å². The molecule has 3 N–H and O–H groups in total. The summed E-state index contributed by atoms with van der Waals surface area (Å²) in [6.07, 6.45) is -3.09. The van der Waals surface area contributed by atoms with Crippen LogP contribution in [0.4, 0.5) is 13.2 Å². The van der Waals surface area contributed by atoms with Gasteiger partial charge in [-0.15, -0.1) is 13.2 Å². The first-order chi connectivity index (χ1) is 14.4. The van der Waals surface area contributed by atoms with Crippen molar-refractivity contribution in [3.8, 4) is 5.75 Å². The minimum Gasteiger partial charge on any atom is -0.511 e. The van der Waals surface area contributed by atoms with Gasteiger partial charge in [-0.05, 0) is 30.5 Å². The summed E-state index contributed by atoms with van der Waals surface area (Å²) in [5.74, 6) is -4.10. The lowest BCUT2D eigenvalue weighted by atomic mass is 9.64. The molecule has 0 atom stereocenters. The van der Waals surface area contributed by atoms with Crippen molar-refractivity contribution >= 4 is 29.4 Å². The number of hydrogen-bond acceptors (Lipinski definition) is 5. The Hall–Kier alpha value is -2.95. The van der Waals surface area contributed by atoms with Crippen LogP contribution in [-0.2, 0) is 20.9 Å². The Morgan fingerprint density at radius 1 is 1.29 bits per heavy atom. The second-order valence-electron chi connectivity index (χ2n) is 7.41. The predicted molar refractivity (Wildman–Crippen MR) is 100 cm³/mol. The van der Waals surface area contributed by atoms with E-state index in [4.69, 9.17) is 16.7 Å². The fraction of sp³-hybridized carbons (Fsp3) is 0.421. The number of carbonyl (C=O) groups excluding carboxylic acids is 2. The number of halogens is 4. The number of benzene rings is 1. The van der Waals surface area contributed by atoms with Gasteiger partial charge in [-0.2, -0.15) is 0 Å². The molecule has 0 radical (unpaired) electrons. The zero-order valence-corrected chi connectivity index (χ0v) is 16.7. The molecule has 1 fully saturated rings. The summed E-state index contributed by atoms with van der Waals surface area (Å²) >= 11 is 5.86. The number of amides is 2. The third kappa shape index (κ3) is 4.87. The number of ether oxygens (including phenoxy) is 1. The third-order valence-electron chi connectivity index (χ3n) is 5.27. The van der Waals surface area contributed by atoms with E-state index in [1.165, 1.54) is 17.0 Å². The van der Waals surface area contributed by atoms with E-state index in [-0.39, 0.29) is 23.9 Å². The van der Waals surface area contributed by atoms with Crippen LogP contribution in [0.3, 0.4) is 0 Å². The lowest BCUT2D eigenvalue weighted by Gasteiger charge is -2.48. The second-order valence-corrected chi connectivity index (χ2v) is 7.81. The van der Waals surface area contributed by atoms with Crippen molar-refractivity contribution in [1.82, 2.24) is 10.2 Å². The van der Waals surface area contributed by atoms with E-state index in [1.807, 2.05) is 0 Å². The smallest absolute Gasteiger partial charge is 0.511 e. The van der Waals surface area contributed by atoms with Gasteiger partial charge in [-0.3, -0.25) is 14.4 Å². The average Bonchev–Trinajstić information content (AvgIpc) is 2.62. The van der Waals surface area contributed by atoms with Gasteiger partial charge >= 0.3 is 12.3 Å². The highest BCUT2D eigenvalue weighted by atomic mass is 35.5. The minimum atomic E-state index is -4.91. The summed E-state index contributed by atoms with van der Waals surface area (Å²) in [6.45, 7) is -0.715. The Morgan fingerprint density at radius 2 is 1.97 bits per heavy atom. The minimum absolute atomic E-state index is 0.0877. The largest absolute Gasteiger partial charge is 0.573 e.